The van der Waals surface area contributed by atoms with Crippen molar-refractivity contribution in [2.75, 3.05) is 23.8 Å². The van der Waals surface area contributed by atoms with Gasteiger partial charge in [-0.2, -0.15) is 0 Å². The monoisotopic (exact) mass is 259 g/mol. The molecule has 1 aromatic heterocycles. The molecule has 2 heterocycles. The Bertz CT molecular complexity index is 580. The topological polar surface area (TPSA) is 69.2 Å². The van der Waals surface area contributed by atoms with E-state index in [-0.39, 0.29) is 0 Å². The summed E-state index contributed by atoms with van der Waals surface area (Å²) in [5.74, 6) is 1.73. The molecule has 100 valence electrons. The first kappa shape index (κ1) is 11.8. The molecular formula is C13H17N5O. The number of nitrogens with two attached hydrogens (primary N) is 1. The predicted molar refractivity (Wildman–Crippen MR) is 73.1 cm³/mol. The second-order valence-corrected chi connectivity index (χ2v) is 4.52. The molecule has 1 aliphatic heterocycles. The van der Waals surface area contributed by atoms with E-state index in [0.29, 0.717) is 12.3 Å². The first-order chi connectivity index (χ1) is 9.28. The van der Waals surface area contributed by atoms with Crippen molar-refractivity contribution in [2.45, 2.75) is 20.0 Å². The van der Waals surface area contributed by atoms with Crippen LogP contribution in [0.15, 0.2) is 24.5 Å². The van der Waals surface area contributed by atoms with Gasteiger partial charge < -0.3 is 19.9 Å². The van der Waals surface area contributed by atoms with E-state index in [0.717, 1.165) is 36.9 Å². The largest absolute Gasteiger partial charge is 0.492 e. The van der Waals surface area contributed by atoms with Gasteiger partial charge in [0.05, 0.1) is 18.8 Å². The Labute approximate surface area is 111 Å². The van der Waals surface area contributed by atoms with E-state index in [4.69, 9.17) is 10.5 Å². The van der Waals surface area contributed by atoms with Crippen LogP contribution in [0, 0.1) is 0 Å². The Hall–Kier alpha value is -2.24. The third kappa shape index (κ3) is 2.21. The van der Waals surface area contributed by atoms with Crippen LogP contribution >= 0.6 is 0 Å². The maximum Gasteiger partial charge on any atom is 0.152 e. The fraction of sp³-hybridized carbons (Fsp3) is 0.385. The van der Waals surface area contributed by atoms with Crippen LogP contribution in [0.2, 0.25) is 0 Å². The third-order valence-electron chi connectivity index (χ3n) is 3.30. The van der Waals surface area contributed by atoms with E-state index in [1.807, 2.05) is 25.1 Å². The van der Waals surface area contributed by atoms with Gasteiger partial charge in [-0.05, 0) is 19.1 Å². The molecule has 2 N–H and O–H groups in total. The van der Waals surface area contributed by atoms with E-state index in [2.05, 4.69) is 19.7 Å². The first-order valence-electron chi connectivity index (χ1n) is 6.42. The van der Waals surface area contributed by atoms with Crippen molar-refractivity contribution in [3.05, 3.63) is 30.4 Å². The maximum absolute atomic E-state index is 5.90. The highest BCUT2D eigenvalue weighted by atomic mass is 16.5. The second kappa shape index (κ2) is 4.79. The lowest BCUT2D eigenvalue weighted by atomic mass is 10.2. The van der Waals surface area contributed by atoms with Gasteiger partial charge in [-0.25, -0.2) is 0 Å². The van der Waals surface area contributed by atoms with Gasteiger partial charge >= 0.3 is 0 Å². The quantitative estimate of drug-likeness (QED) is 0.841. The summed E-state index contributed by atoms with van der Waals surface area (Å²) in [5, 5.41) is 8.06. The number of benzene rings is 1. The lowest BCUT2D eigenvalue weighted by molar-refractivity contribution is 0.342. The van der Waals surface area contributed by atoms with Crippen LogP contribution in [0.3, 0.4) is 0 Å². The van der Waals surface area contributed by atoms with E-state index < -0.39 is 0 Å². The van der Waals surface area contributed by atoms with Crippen molar-refractivity contribution >= 4 is 11.4 Å². The number of nitrogens with zero attached hydrogens (tertiary/aromatic N) is 4. The number of anilines is 2. The summed E-state index contributed by atoms with van der Waals surface area (Å²) in [6.07, 6.45) is 1.78. The number of ether oxygens (including phenoxy) is 1. The molecule has 3 rings (SSSR count). The van der Waals surface area contributed by atoms with Crippen LogP contribution in [-0.4, -0.2) is 27.9 Å². The second-order valence-electron chi connectivity index (χ2n) is 4.52. The lowest BCUT2D eigenvalue weighted by Gasteiger charge is -2.29. The van der Waals surface area contributed by atoms with Crippen molar-refractivity contribution in [1.29, 1.82) is 0 Å². The molecule has 6 heteroatoms. The Morgan fingerprint density at radius 1 is 1.37 bits per heavy atom. The molecule has 0 unspecified atom stereocenters. The van der Waals surface area contributed by atoms with Gasteiger partial charge in [-0.3, -0.25) is 0 Å². The van der Waals surface area contributed by atoms with Crippen LogP contribution in [0.25, 0.3) is 0 Å². The van der Waals surface area contributed by atoms with Crippen LogP contribution in [0.5, 0.6) is 5.75 Å². The minimum absolute atomic E-state index is 0.613. The van der Waals surface area contributed by atoms with E-state index in [1.54, 1.807) is 6.33 Å². The SMILES string of the molecule is CCOc1cc(N2CCn3cnnc3C2)ccc1N. The predicted octanol–water partition coefficient (Wildman–Crippen LogP) is 1.28. The zero-order chi connectivity index (χ0) is 13.2. The summed E-state index contributed by atoms with van der Waals surface area (Å²) in [5.41, 5.74) is 7.67. The molecule has 1 aliphatic rings. The number of nitrogen functional groups attached to an aromatic ring is 1. The van der Waals surface area contributed by atoms with E-state index >= 15 is 0 Å². The summed E-state index contributed by atoms with van der Waals surface area (Å²) < 4.78 is 7.62. The average molecular weight is 259 g/mol. The van der Waals surface area contributed by atoms with Crippen LogP contribution in [0.1, 0.15) is 12.7 Å². The van der Waals surface area contributed by atoms with Crippen molar-refractivity contribution in [2.24, 2.45) is 0 Å². The molecular weight excluding hydrogens is 242 g/mol. The van der Waals surface area contributed by atoms with Crippen LogP contribution < -0.4 is 15.4 Å². The normalized spacial score (nSPS) is 14.3. The number of hydrogen-bond donors (Lipinski definition) is 1. The standard InChI is InChI=1S/C13H17N5O/c1-2-19-12-7-10(3-4-11(12)14)17-5-6-18-9-15-16-13(18)8-17/h3-4,7,9H,2,5-6,8,14H2,1H3. The Morgan fingerprint density at radius 3 is 3.11 bits per heavy atom. The molecule has 1 aromatic carbocycles. The van der Waals surface area contributed by atoms with Crippen molar-refractivity contribution in [3.8, 4) is 5.75 Å². The molecule has 0 saturated heterocycles. The highest BCUT2D eigenvalue weighted by Crippen LogP contribution is 2.29. The zero-order valence-electron chi connectivity index (χ0n) is 10.9. The lowest BCUT2D eigenvalue weighted by Crippen LogP contribution is -2.33. The smallest absolute Gasteiger partial charge is 0.152 e. The van der Waals surface area contributed by atoms with Crippen molar-refractivity contribution in [3.63, 3.8) is 0 Å². The van der Waals surface area contributed by atoms with Gasteiger partial charge in [-0.1, -0.05) is 0 Å². The fourth-order valence-electron chi connectivity index (χ4n) is 2.29. The third-order valence-corrected chi connectivity index (χ3v) is 3.30. The molecule has 0 amide bonds. The molecule has 0 bridgehead atoms. The Kier molecular flexibility index (Phi) is 2.98. The minimum Gasteiger partial charge on any atom is -0.492 e. The number of hydrogen-bond acceptors (Lipinski definition) is 5. The fourth-order valence-corrected chi connectivity index (χ4v) is 2.29. The van der Waals surface area contributed by atoms with Crippen LogP contribution in [0.4, 0.5) is 11.4 Å². The number of rotatable bonds is 3. The maximum atomic E-state index is 5.90. The van der Waals surface area contributed by atoms with Crippen molar-refractivity contribution in [1.82, 2.24) is 14.8 Å². The summed E-state index contributed by atoms with van der Waals surface area (Å²) >= 11 is 0. The Morgan fingerprint density at radius 2 is 2.26 bits per heavy atom. The van der Waals surface area contributed by atoms with E-state index in [9.17, 15) is 0 Å². The molecule has 0 spiro atoms. The summed E-state index contributed by atoms with van der Waals surface area (Å²) in [7, 11) is 0. The molecule has 2 aromatic rings. The highest BCUT2D eigenvalue weighted by molar-refractivity contribution is 5.62. The molecule has 0 radical (unpaired) electrons. The molecule has 19 heavy (non-hydrogen) atoms. The highest BCUT2D eigenvalue weighted by Gasteiger charge is 2.18. The molecule has 6 nitrogen and oxygen atoms in total. The number of aromatic nitrogens is 3. The molecule has 0 fully saturated rings. The van der Waals surface area contributed by atoms with Gasteiger partial charge in [0.2, 0.25) is 0 Å². The average Bonchev–Trinajstić information content (AvgIpc) is 2.89. The Balaban J connectivity index is 1.85. The van der Waals surface area contributed by atoms with Crippen LogP contribution in [-0.2, 0) is 13.1 Å². The van der Waals surface area contributed by atoms with Crippen molar-refractivity contribution < 1.29 is 4.74 Å². The number of fused-ring (bicyclic) bond motifs is 1. The zero-order valence-corrected chi connectivity index (χ0v) is 10.9. The van der Waals surface area contributed by atoms with Gasteiger partial charge in [0.1, 0.15) is 12.1 Å². The van der Waals surface area contributed by atoms with Gasteiger partial charge in [0.15, 0.2) is 5.82 Å². The molecule has 0 atom stereocenters. The minimum atomic E-state index is 0.613. The summed E-state index contributed by atoms with van der Waals surface area (Å²) in [4.78, 5) is 2.26. The van der Waals surface area contributed by atoms with Gasteiger partial charge in [-0.15, -0.1) is 10.2 Å². The molecule has 0 aliphatic carbocycles. The first-order valence-corrected chi connectivity index (χ1v) is 6.42. The summed E-state index contributed by atoms with van der Waals surface area (Å²) in [6.45, 7) is 5.16. The summed E-state index contributed by atoms with van der Waals surface area (Å²) in [6, 6.07) is 5.90. The van der Waals surface area contributed by atoms with E-state index in [1.165, 1.54) is 0 Å². The van der Waals surface area contributed by atoms with Gasteiger partial charge in [0.25, 0.3) is 0 Å². The van der Waals surface area contributed by atoms with Gasteiger partial charge in [0, 0.05) is 24.8 Å². The molecule has 0 saturated carbocycles.